The summed E-state index contributed by atoms with van der Waals surface area (Å²) in [6.45, 7) is 0.457. The summed E-state index contributed by atoms with van der Waals surface area (Å²) in [6, 6.07) is 9.33. The minimum Gasteiger partial charge on any atom is -0.330 e. The summed E-state index contributed by atoms with van der Waals surface area (Å²) in [5.74, 6) is -2.35. The molecule has 0 radical (unpaired) electrons. The molecule has 0 unspecified atom stereocenters. The zero-order chi connectivity index (χ0) is 15.5. The number of nitrogens with one attached hydrogen (secondary N) is 1. The van der Waals surface area contributed by atoms with Crippen molar-refractivity contribution < 1.29 is 17.2 Å². The van der Waals surface area contributed by atoms with Crippen molar-refractivity contribution >= 4 is 15.7 Å². The first-order valence-corrected chi connectivity index (χ1v) is 7.68. The Bertz CT molecular complexity index is 731. The van der Waals surface area contributed by atoms with E-state index < -0.39 is 27.3 Å². The fourth-order valence-corrected chi connectivity index (χ4v) is 2.85. The summed E-state index contributed by atoms with van der Waals surface area (Å²) in [7, 11) is -3.97. The maximum atomic E-state index is 13.5. The number of hydrogen-bond donors (Lipinski definition) is 2. The molecule has 0 bridgehead atoms. The van der Waals surface area contributed by atoms with Crippen molar-refractivity contribution in [2.75, 3.05) is 11.3 Å². The van der Waals surface area contributed by atoms with Gasteiger partial charge >= 0.3 is 0 Å². The van der Waals surface area contributed by atoms with Gasteiger partial charge in [0.25, 0.3) is 10.0 Å². The SMILES string of the molecule is NCCc1ccc(S(=O)(=O)Nc2cccc(F)c2F)cc1. The number of sulfonamides is 1. The van der Waals surface area contributed by atoms with Crippen LogP contribution in [-0.2, 0) is 16.4 Å². The van der Waals surface area contributed by atoms with Gasteiger partial charge in [-0.25, -0.2) is 17.2 Å². The van der Waals surface area contributed by atoms with Crippen molar-refractivity contribution in [2.24, 2.45) is 5.73 Å². The van der Waals surface area contributed by atoms with Gasteiger partial charge in [0.1, 0.15) is 0 Å². The second-order valence-electron chi connectivity index (χ2n) is 4.39. The van der Waals surface area contributed by atoms with Gasteiger partial charge in [-0.15, -0.1) is 0 Å². The average molecular weight is 312 g/mol. The van der Waals surface area contributed by atoms with Crippen molar-refractivity contribution in [3.63, 3.8) is 0 Å². The minimum atomic E-state index is -3.97. The van der Waals surface area contributed by atoms with Crippen molar-refractivity contribution in [3.8, 4) is 0 Å². The molecule has 21 heavy (non-hydrogen) atoms. The number of halogens is 2. The average Bonchev–Trinajstić information content (AvgIpc) is 2.45. The number of benzene rings is 2. The van der Waals surface area contributed by atoms with Gasteiger partial charge in [0.2, 0.25) is 0 Å². The molecule has 0 atom stereocenters. The van der Waals surface area contributed by atoms with E-state index in [0.717, 1.165) is 17.7 Å². The lowest BCUT2D eigenvalue weighted by Gasteiger charge is -2.09. The fourth-order valence-electron chi connectivity index (χ4n) is 1.79. The monoisotopic (exact) mass is 312 g/mol. The molecular formula is C14H14F2N2O2S. The third kappa shape index (κ3) is 3.56. The molecule has 2 aromatic carbocycles. The molecule has 112 valence electrons. The molecule has 0 aliphatic rings. The summed E-state index contributed by atoms with van der Waals surface area (Å²) in [5.41, 5.74) is 5.88. The Hall–Kier alpha value is -1.99. The standard InChI is InChI=1S/C14H14F2N2O2S/c15-12-2-1-3-13(14(12)16)18-21(19,20)11-6-4-10(5-7-11)8-9-17/h1-7,18H,8-9,17H2. The predicted molar refractivity (Wildman–Crippen MR) is 76.4 cm³/mol. The van der Waals surface area contributed by atoms with E-state index >= 15 is 0 Å². The van der Waals surface area contributed by atoms with E-state index in [1.54, 1.807) is 12.1 Å². The van der Waals surface area contributed by atoms with Crippen LogP contribution in [0.25, 0.3) is 0 Å². The molecule has 0 heterocycles. The normalized spacial score (nSPS) is 11.4. The second kappa shape index (κ2) is 6.19. The fraction of sp³-hybridized carbons (Fsp3) is 0.143. The molecule has 0 spiro atoms. The Kier molecular flexibility index (Phi) is 4.54. The van der Waals surface area contributed by atoms with Crippen LogP contribution < -0.4 is 10.5 Å². The zero-order valence-electron chi connectivity index (χ0n) is 11.0. The van der Waals surface area contributed by atoms with Crippen LogP contribution in [-0.4, -0.2) is 15.0 Å². The molecule has 3 N–H and O–H groups in total. The molecule has 7 heteroatoms. The molecule has 0 fully saturated rings. The maximum absolute atomic E-state index is 13.5. The Morgan fingerprint density at radius 2 is 1.71 bits per heavy atom. The highest BCUT2D eigenvalue weighted by Gasteiger charge is 2.17. The molecule has 0 saturated heterocycles. The third-order valence-corrected chi connectivity index (χ3v) is 4.24. The van der Waals surface area contributed by atoms with Gasteiger partial charge in [-0.05, 0) is 42.8 Å². The molecule has 2 aromatic rings. The highest BCUT2D eigenvalue weighted by molar-refractivity contribution is 7.92. The lowest BCUT2D eigenvalue weighted by atomic mass is 10.2. The van der Waals surface area contributed by atoms with Crippen LogP contribution in [0.5, 0.6) is 0 Å². The predicted octanol–water partition coefficient (Wildman–Crippen LogP) is 2.27. The Morgan fingerprint density at radius 1 is 1.05 bits per heavy atom. The second-order valence-corrected chi connectivity index (χ2v) is 6.07. The third-order valence-electron chi connectivity index (χ3n) is 2.86. The summed E-state index contributed by atoms with van der Waals surface area (Å²) >= 11 is 0. The van der Waals surface area contributed by atoms with Crippen LogP contribution in [0.3, 0.4) is 0 Å². The topological polar surface area (TPSA) is 72.2 Å². The molecule has 0 amide bonds. The van der Waals surface area contributed by atoms with Gasteiger partial charge in [-0.3, -0.25) is 4.72 Å². The molecule has 2 rings (SSSR count). The largest absolute Gasteiger partial charge is 0.330 e. The molecule has 0 aliphatic heterocycles. The number of anilines is 1. The minimum absolute atomic E-state index is 0.0352. The Labute approximate surface area is 121 Å². The number of nitrogens with two attached hydrogens (primary N) is 1. The maximum Gasteiger partial charge on any atom is 0.261 e. The van der Waals surface area contributed by atoms with Crippen LogP contribution in [0, 0.1) is 11.6 Å². The van der Waals surface area contributed by atoms with Crippen LogP contribution in [0.15, 0.2) is 47.4 Å². The van der Waals surface area contributed by atoms with Crippen molar-refractivity contribution in [1.82, 2.24) is 0 Å². The summed E-state index contributed by atoms with van der Waals surface area (Å²) in [5, 5.41) is 0. The molecule has 4 nitrogen and oxygen atoms in total. The van der Waals surface area contributed by atoms with E-state index in [4.69, 9.17) is 5.73 Å². The molecular weight excluding hydrogens is 298 g/mol. The van der Waals surface area contributed by atoms with E-state index in [1.165, 1.54) is 18.2 Å². The van der Waals surface area contributed by atoms with Gasteiger partial charge in [-0.2, -0.15) is 0 Å². The lowest BCUT2D eigenvalue weighted by molar-refractivity contribution is 0.511. The summed E-state index contributed by atoms with van der Waals surface area (Å²) < 4.78 is 52.8. The Balaban J connectivity index is 2.27. The summed E-state index contributed by atoms with van der Waals surface area (Å²) in [4.78, 5) is -0.0352. The highest BCUT2D eigenvalue weighted by Crippen LogP contribution is 2.21. The van der Waals surface area contributed by atoms with E-state index in [2.05, 4.69) is 0 Å². The van der Waals surface area contributed by atoms with Crippen molar-refractivity contribution in [1.29, 1.82) is 0 Å². The van der Waals surface area contributed by atoms with Crippen LogP contribution in [0.2, 0.25) is 0 Å². The van der Waals surface area contributed by atoms with Gasteiger partial charge in [0.15, 0.2) is 11.6 Å². The van der Waals surface area contributed by atoms with Crippen LogP contribution in [0.4, 0.5) is 14.5 Å². The first-order chi connectivity index (χ1) is 9.94. The van der Waals surface area contributed by atoms with Crippen LogP contribution >= 0.6 is 0 Å². The van der Waals surface area contributed by atoms with Crippen molar-refractivity contribution in [2.45, 2.75) is 11.3 Å². The first-order valence-electron chi connectivity index (χ1n) is 6.20. The Morgan fingerprint density at radius 3 is 2.33 bits per heavy atom. The van der Waals surface area contributed by atoms with E-state index in [1.807, 2.05) is 4.72 Å². The number of rotatable bonds is 5. The van der Waals surface area contributed by atoms with Gasteiger partial charge in [0, 0.05) is 0 Å². The van der Waals surface area contributed by atoms with E-state index in [-0.39, 0.29) is 4.90 Å². The van der Waals surface area contributed by atoms with Gasteiger partial charge < -0.3 is 5.73 Å². The molecule has 0 saturated carbocycles. The molecule has 0 aliphatic carbocycles. The first kappa shape index (κ1) is 15.4. The quantitative estimate of drug-likeness (QED) is 0.889. The smallest absolute Gasteiger partial charge is 0.261 e. The summed E-state index contributed by atoms with van der Waals surface area (Å²) in [6.07, 6.45) is 0.631. The van der Waals surface area contributed by atoms with E-state index in [0.29, 0.717) is 13.0 Å². The highest BCUT2D eigenvalue weighted by atomic mass is 32.2. The van der Waals surface area contributed by atoms with Crippen LogP contribution in [0.1, 0.15) is 5.56 Å². The van der Waals surface area contributed by atoms with Gasteiger partial charge in [0.05, 0.1) is 10.6 Å². The van der Waals surface area contributed by atoms with Crippen molar-refractivity contribution in [3.05, 3.63) is 59.7 Å². The van der Waals surface area contributed by atoms with Gasteiger partial charge in [-0.1, -0.05) is 18.2 Å². The van der Waals surface area contributed by atoms with E-state index in [9.17, 15) is 17.2 Å². The molecule has 0 aromatic heterocycles. The lowest BCUT2D eigenvalue weighted by Crippen LogP contribution is -2.14. The number of hydrogen-bond acceptors (Lipinski definition) is 3. The zero-order valence-corrected chi connectivity index (χ0v) is 11.8.